The van der Waals surface area contributed by atoms with Crippen LogP contribution >= 0.6 is 0 Å². The van der Waals surface area contributed by atoms with Gasteiger partial charge in [0, 0.05) is 32.0 Å². The van der Waals surface area contributed by atoms with Gasteiger partial charge in [0.15, 0.2) is 0 Å². The number of imidazole rings is 1. The molecule has 0 saturated carbocycles. The van der Waals surface area contributed by atoms with E-state index < -0.39 is 0 Å². The highest BCUT2D eigenvalue weighted by Crippen LogP contribution is 2.12. The fraction of sp³-hybridized carbons (Fsp3) is 0.286. The van der Waals surface area contributed by atoms with Gasteiger partial charge < -0.3 is 9.88 Å². The highest BCUT2D eigenvalue weighted by Gasteiger charge is 2.08. The van der Waals surface area contributed by atoms with Gasteiger partial charge in [-0.2, -0.15) is 5.26 Å². The third kappa shape index (κ3) is 3.44. The van der Waals surface area contributed by atoms with Crippen molar-refractivity contribution < 1.29 is 0 Å². The molecule has 1 N–H and O–H groups in total. The van der Waals surface area contributed by atoms with Crippen LogP contribution in [0, 0.1) is 11.3 Å². The maximum absolute atomic E-state index is 9.16. The zero-order valence-electron chi connectivity index (χ0n) is 10.2. The van der Waals surface area contributed by atoms with Crippen LogP contribution in [0.1, 0.15) is 11.5 Å². The Morgan fingerprint density at radius 3 is 2.83 bits per heavy atom. The summed E-state index contributed by atoms with van der Waals surface area (Å²) in [5.41, 5.74) is 1.06. The molecule has 1 atom stereocenters. The summed E-state index contributed by atoms with van der Waals surface area (Å²) < 4.78 is 2.01. The lowest BCUT2D eigenvalue weighted by molar-refractivity contribution is 0.583. The maximum Gasteiger partial charge on any atom is 0.0946 e. The van der Waals surface area contributed by atoms with E-state index in [2.05, 4.69) is 16.4 Å². The second kappa shape index (κ2) is 6.58. The zero-order chi connectivity index (χ0) is 12.6. The molecule has 1 unspecified atom stereocenters. The van der Waals surface area contributed by atoms with Crippen molar-refractivity contribution >= 4 is 0 Å². The summed E-state index contributed by atoms with van der Waals surface area (Å²) in [7, 11) is 0. The molecular formula is C14H16N4. The fourth-order valence-corrected chi connectivity index (χ4v) is 1.80. The minimum atomic E-state index is -0.0889. The average molecular weight is 240 g/mol. The standard InChI is InChI=1S/C14H16N4/c15-10-14(13-4-2-1-3-5-13)11-16-6-8-18-9-7-17-12-18/h1-5,7,9,12,14,16H,6,8,11H2. The predicted octanol–water partition coefficient (Wildman–Crippen LogP) is 1.78. The molecule has 0 aliphatic heterocycles. The van der Waals surface area contributed by atoms with Crippen LogP contribution in [0.5, 0.6) is 0 Å². The first-order chi connectivity index (χ1) is 8.90. The van der Waals surface area contributed by atoms with Crippen molar-refractivity contribution in [2.24, 2.45) is 0 Å². The lowest BCUT2D eigenvalue weighted by Crippen LogP contribution is -2.24. The Morgan fingerprint density at radius 2 is 2.17 bits per heavy atom. The van der Waals surface area contributed by atoms with Crippen LogP contribution in [0.15, 0.2) is 49.1 Å². The number of nitriles is 1. The highest BCUT2D eigenvalue weighted by atomic mass is 15.0. The van der Waals surface area contributed by atoms with E-state index >= 15 is 0 Å². The van der Waals surface area contributed by atoms with Gasteiger partial charge in [-0.25, -0.2) is 4.98 Å². The summed E-state index contributed by atoms with van der Waals surface area (Å²) in [4.78, 5) is 3.98. The van der Waals surface area contributed by atoms with Crippen LogP contribution in [-0.2, 0) is 6.54 Å². The summed E-state index contributed by atoms with van der Waals surface area (Å²) in [6.07, 6.45) is 5.49. The Bertz CT molecular complexity index is 484. The van der Waals surface area contributed by atoms with Crippen molar-refractivity contribution in [3.8, 4) is 6.07 Å². The molecule has 4 heteroatoms. The SMILES string of the molecule is N#CC(CNCCn1ccnc1)c1ccccc1. The van der Waals surface area contributed by atoms with Crippen LogP contribution in [0.25, 0.3) is 0 Å². The number of hydrogen-bond donors (Lipinski definition) is 1. The number of benzene rings is 1. The highest BCUT2D eigenvalue weighted by molar-refractivity contribution is 5.24. The second-order valence-electron chi connectivity index (χ2n) is 4.10. The van der Waals surface area contributed by atoms with Gasteiger partial charge in [-0.15, -0.1) is 0 Å². The van der Waals surface area contributed by atoms with Crippen molar-refractivity contribution in [2.75, 3.05) is 13.1 Å². The molecule has 0 fully saturated rings. The molecule has 1 aromatic heterocycles. The van der Waals surface area contributed by atoms with Gasteiger partial charge in [0.2, 0.25) is 0 Å². The van der Waals surface area contributed by atoms with Crippen molar-refractivity contribution in [3.63, 3.8) is 0 Å². The molecule has 0 aliphatic carbocycles. The first-order valence-corrected chi connectivity index (χ1v) is 6.01. The normalized spacial score (nSPS) is 11.9. The van der Waals surface area contributed by atoms with Crippen molar-refractivity contribution in [3.05, 3.63) is 54.6 Å². The number of hydrogen-bond acceptors (Lipinski definition) is 3. The van der Waals surface area contributed by atoms with Crippen LogP contribution in [0.3, 0.4) is 0 Å². The van der Waals surface area contributed by atoms with Gasteiger partial charge in [0.05, 0.1) is 18.3 Å². The van der Waals surface area contributed by atoms with E-state index in [0.717, 1.165) is 18.7 Å². The molecule has 0 saturated heterocycles. The summed E-state index contributed by atoms with van der Waals surface area (Å²) in [6.45, 7) is 2.38. The first kappa shape index (κ1) is 12.3. The van der Waals surface area contributed by atoms with Crippen molar-refractivity contribution in [1.29, 1.82) is 5.26 Å². The molecule has 0 radical (unpaired) electrons. The molecule has 18 heavy (non-hydrogen) atoms. The number of nitrogens with one attached hydrogen (secondary N) is 1. The quantitative estimate of drug-likeness (QED) is 0.783. The summed E-state index contributed by atoms with van der Waals surface area (Å²) in [6, 6.07) is 12.2. The third-order valence-electron chi connectivity index (χ3n) is 2.81. The van der Waals surface area contributed by atoms with Gasteiger partial charge in [0.1, 0.15) is 0 Å². The molecule has 1 heterocycles. The van der Waals surface area contributed by atoms with E-state index in [9.17, 15) is 0 Å². The molecule has 0 spiro atoms. The summed E-state index contributed by atoms with van der Waals surface area (Å²) in [5, 5.41) is 12.5. The van der Waals surface area contributed by atoms with Crippen LogP contribution in [-0.4, -0.2) is 22.6 Å². The van der Waals surface area contributed by atoms with Crippen LogP contribution in [0.4, 0.5) is 0 Å². The smallest absolute Gasteiger partial charge is 0.0946 e. The van der Waals surface area contributed by atoms with Gasteiger partial charge in [-0.1, -0.05) is 30.3 Å². The predicted molar refractivity (Wildman–Crippen MR) is 69.9 cm³/mol. The minimum Gasteiger partial charge on any atom is -0.336 e. The molecule has 2 aromatic rings. The second-order valence-corrected chi connectivity index (χ2v) is 4.10. The van der Waals surface area contributed by atoms with Crippen LogP contribution in [0.2, 0.25) is 0 Å². The zero-order valence-corrected chi connectivity index (χ0v) is 10.2. The third-order valence-corrected chi connectivity index (χ3v) is 2.81. The Hall–Kier alpha value is -2.12. The lowest BCUT2D eigenvalue weighted by Gasteiger charge is -2.10. The Labute approximate surface area is 107 Å². The molecule has 4 nitrogen and oxygen atoms in total. The topological polar surface area (TPSA) is 53.6 Å². The molecule has 0 bridgehead atoms. The van der Waals surface area contributed by atoms with E-state index in [1.165, 1.54) is 0 Å². The van der Waals surface area contributed by atoms with E-state index in [4.69, 9.17) is 5.26 Å². The first-order valence-electron chi connectivity index (χ1n) is 6.01. The molecule has 0 aliphatic rings. The Kier molecular flexibility index (Phi) is 4.51. The van der Waals surface area contributed by atoms with E-state index in [0.29, 0.717) is 6.54 Å². The summed E-state index contributed by atoms with van der Waals surface area (Å²) in [5.74, 6) is -0.0889. The number of aromatic nitrogens is 2. The van der Waals surface area contributed by atoms with Gasteiger partial charge in [-0.3, -0.25) is 0 Å². The molecule has 1 aromatic carbocycles. The summed E-state index contributed by atoms with van der Waals surface area (Å²) >= 11 is 0. The van der Waals surface area contributed by atoms with Crippen molar-refractivity contribution in [1.82, 2.24) is 14.9 Å². The minimum absolute atomic E-state index is 0.0889. The van der Waals surface area contributed by atoms with E-state index in [-0.39, 0.29) is 5.92 Å². The molecule has 2 rings (SSSR count). The average Bonchev–Trinajstić information content (AvgIpc) is 2.93. The van der Waals surface area contributed by atoms with Crippen molar-refractivity contribution in [2.45, 2.75) is 12.5 Å². The van der Waals surface area contributed by atoms with E-state index in [1.54, 1.807) is 12.5 Å². The number of nitrogens with zero attached hydrogens (tertiary/aromatic N) is 3. The fourth-order valence-electron chi connectivity index (χ4n) is 1.80. The van der Waals surface area contributed by atoms with Crippen LogP contribution < -0.4 is 5.32 Å². The van der Waals surface area contributed by atoms with Gasteiger partial charge in [-0.05, 0) is 5.56 Å². The van der Waals surface area contributed by atoms with E-state index in [1.807, 2.05) is 41.1 Å². The monoisotopic (exact) mass is 240 g/mol. The molecular weight excluding hydrogens is 224 g/mol. The maximum atomic E-state index is 9.16. The van der Waals surface area contributed by atoms with Gasteiger partial charge >= 0.3 is 0 Å². The largest absolute Gasteiger partial charge is 0.336 e. The molecule has 92 valence electrons. The Balaban J connectivity index is 1.77. The van der Waals surface area contributed by atoms with Gasteiger partial charge in [0.25, 0.3) is 0 Å². The number of rotatable bonds is 6. The molecule has 0 amide bonds. The lowest BCUT2D eigenvalue weighted by atomic mass is 10.0. The Morgan fingerprint density at radius 1 is 1.33 bits per heavy atom.